The van der Waals surface area contributed by atoms with E-state index in [1.165, 1.54) is 11.3 Å². The zero-order valence-corrected chi connectivity index (χ0v) is 18.0. The third-order valence-electron chi connectivity index (χ3n) is 4.75. The highest BCUT2D eigenvalue weighted by atomic mass is 32.1. The van der Waals surface area contributed by atoms with E-state index in [1.54, 1.807) is 6.07 Å². The SMILES string of the molecule is Cc1ccc(-c2cc(C(=O)Nc3nc(C)c(-c4nc(-c5ccccc5)no4)s3)no2)cc1. The molecule has 0 saturated heterocycles. The standard InChI is InChI=1S/C23H17N5O3S/c1-13-8-10-15(11-9-13)18-12-17(27-30-18)21(29)26-23-24-14(2)19(32-23)22-25-20(28-31-22)16-6-4-3-5-7-16/h3-12H,1-2H3,(H,24,26,29). The fourth-order valence-electron chi connectivity index (χ4n) is 3.07. The fraction of sp³-hybridized carbons (Fsp3) is 0.0870. The number of rotatable bonds is 5. The predicted molar refractivity (Wildman–Crippen MR) is 120 cm³/mol. The molecule has 3 heterocycles. The normalized spacial score (nSPS) is 10.9. The summed E-state index contributed by atoms with van der Waals surface area (Å²) in [6.07, 6.45) is 0. The van der Waals surface area contributed by atoms with Crippen LogP contribution >= 0.6 is 11.3 Å². The van der Waals surface area contributed by atoms with Gasteiger partial charge in [0.05, 0.1) is 5.69 Å². The number of nitrogens with one attached hydrogen (secondary N) is 1. The van der Waals surface area contributed by atoms with E-state index >= 15 is 0 Å². The molecule has 0 aliphatic heterocycles. The summed E-state index contributed by atoms with van der Waals surface area (Å²) in [5.74, 6) is 0.945. The van der Waals surface area contributed by atoms with E-state index in [0.717, 1.165) is 16.7 Å². The number of carbonyl (C=O) groups excluding carboxylic acids is 1. The maximum Gasteiger partial charge on any atom is 0.279 e. The Bertz CT molecular complexity index is 1390. The monoisotopic (exact) mass is 443 g/mol. The predicted octanol–water partition coefficient (Wildman–Crippen LogP) is 5.38. The Labute approximate surface area is 186 Å². The highest BCUT2D eigenvalue weighted by Crippen LogP contribution is 2.33. The number of benzene rings is 2. The first-order valence-corrected chi connectivity index (χ1v) is 10.6. The fourth-order valence-corrected chi connectivity index (χ4v) is 3.95. The maximum absolute atomic E-state index is 12.6. The first kappa shape index (κ1) is 19.8. The van der Waals surface area contributed by atoms with Crippen LogP contribution in [0, 0.1) is 13.8 Å². The van der Waals surface area contributed by atoms with Crippen molar-refractivity contribution in [2.24, 2.45) is 0 Å². The average Bonchev–Trinajstić information content (AvgIpc) is 3.55. The van der Waals surface area contributed by atoms with Crippen LogP contribution in [0.3, 0.4) is 0 Å². The zero-order valence-electron chi connectivity index (χ0n) is 17.2. The van der Waals surface area contributed by atoms with Crippen LogP contribution in [0.2, 0.25) is 0 Å². The number of hydrogen-bond donors (Lipinski definition) is 1. The van der Waals surface area contributed by atoms with Crippen LogP contribution < -0.4 is 5.32 Å². The van der Waals surface area contributed by atoms with Gasteiger partial charge in [-0.05, 0) is 13.8 Å². The van der Waals surface area contributed by atoms with Crippen molar-refractivity contribution >= 4 is 22.4 Å². The highest BCUT2D eigenvalue weighted by molar-refractivity contribution is 7.19. The smallest absolute Gasteiger partial charge is 0.279 e. The van der Waals surface area contributed by atoms with Gasteiger partial charge >= 0.3 is 0 Å². The van der Waals surface area contributed by atoms with Gasteiger partial charge in [-0.1, -0.05) is 81.8 Å². The molecule has 32 heavy (non-hydrogen) atoms. The van der Waals surface area contributed by atoms with Gasteiger partial charge in [0.1, 0.15) is 4.88 Å². The van der Waals surface area contributed by atoms with Crippen molar-refractivity contribution in [3.8, 4) is 33.5 Å². The van der Waals surface area contributed by atoms with Gasteiger partial charge < -0.3 is 9.05 Å². The largest absolute Gasteiger partial charge is 0.355 e. The number of hydrogen-bond acceptors (Lipinski definition) is 8. The second-order valence-electron chi connectivity index (χ2n) is 7.12. The lowest BCUT2D eigenvalue weighted by Crippen LogP contribution is -2.11. The van der Waals surface area contributed by atoms with Crippen molar-refractivity contribution in [3.63, 3.8) is 0 Å². The minimum absolute atomic E-state index is 0.166. The van der Waals surface area contributed by atoms with Gasteiger partial charge in [0.15, 0.2) is 16.6 Å². The van der Waals surface area contributed by atoms with E-state index in [0.29, 0.717) is 33.2 Å². The Balaban J connectivity index is 1.33. The zero-order chi connectivity index (χ0) is 22.1. The van der Waals surface area contributed by atoms with Gasteiger partial charge in [0, 0.05) is 17.2 Å². The minimum atomic E-state index is -0.414. The van der Waals surface area contributed by atoms with E-state index < -0.39 is 5.91 Å². The number of amides is 1. The first-order chi connectivity index (χ1) is 15.6. The molecule has 1 amide bonds. The van der Waals surface area contributed by atoms with Crippen LogP contribution in [0.4, 0.5) is 5.13 Å². The number of aryl methyl sites for hydroxylation is 2. The van der Waals surface area contributed by atoms with Crippen LogP contribution in [0.25, 0.3) is 33.5 Å². The van der Waals surface area contributed by atoms with E-state index in [9.17, 15) is 4.79 Å². The Morgan fingerprint density at radius 3 is 2.47 bits per heavy atom. The summed E-state index contributed by atoms with van der Waals surface area (Å²) in [6.45, 7) is 3.82. The average molecular weight is 443 g/mol. The first-order valence-electron chi connectivity index (χ1n) is 9.79. The third kappa shape index (κ3) is 3.93. The Hall–Kier alpha value is -4.11. The molecule has 5 aromatic rings. The van der Waals surface area contributed by atoms with Crippen LogP contribution in [-0.2, 0) is 0 Å². The summed E-state index contributed by atoms with van der Waals surface area (Å²) in [7, 11) is 0. The van der Waals surface area contributed by atoms with Crippen LogP contribution in [0.1, 0.15) is 21.7 Å². The molecule has 5 rings (SSSR count). The molecule has 8 nitrogen and oxygen atoms in total. The molecule has 0 unspecified atom stereocenters. The van der Waals surface area contributed by atoms with Crippen molar-refractivity contribution in [1.82, 2.24) is 20.3 Å². The lowest BCUT2D eigenvalue weighted by atomic mass is 10.1. The number of aromatic nitrogens is 4. The summed E-state index contributed by atoms with van der Waals surface area (Å²) in [6, 6.07) is 18.9. The van der Waals surface area contributed by atoms with E-state index in [1.807, 2.05) is 68.4 Å². The highest BCUT2D eigenvalue weighted by Gasteiger charge is 2.20. The van der Waals surface area contributed by atoms with E-state index in [-0.39, 0.29) is 5.69 Å². The van der Waals surface area contributed by atoms with Gasteiger partial charge in [-0.2, -0.15) is 4.98 Å². The Morgan fingerprint density at radius 2 is 1.69 bits per heavy atom. The van der Waals surface area contributed by atoms with Gasteiger partial charge in [0.2, 0.25) is 5.82 Å². The van der Waals surface area contributed by atoms with E-state index in [4.69, 9.17) is 9.05 Å². The summed E-state index contributed by atoms with van der Waals surface area (Å²) in [5, 5.41) is 11.1. The summed E-state index contributed by atoms with van der Waals surface area (Å²) < 4.78 is 10.8. The molecule has 0 atom stereocenters. The molecule has 0 spiro atoms. The molecule has 0 bridgehead atoms. The summed E-state index contributed by atoms with van der Waals surface area (Å²) in [5.41, 5.74) is 3.68. The number of anilines is 1. The summed E-state index contributed by atoms with van der Waals surface area (Å²) in [4.78, 5) is 22.2. The molecular formula is C23H17N5O3S. The molecule has 158 valence electrons. The molecular weight excluding hydrogens is 426 g/mol. The molecule has 1 N–H and O–H groups in total. The van der Waals surface area contributed by atoms with E-state index in [2.05, 4.69) is 25.6 Å². The van der Waals surface area contributed by atoms with Crippen molar-refractivity contribution in [2.45, 2.75) is 13.8 Å². The molecule has 0 aliphatic rings. The lowest BCUT2D eigenvalue weighted by molar-refractivity contribution is 0.101. The number of thiazole rings is 1. The lowest BCUT2D eigenvalue weighted by Gasteiger charge is -1.96. The Kier molecular flexibility index (Phi) is 5.08. The van der Waals surface area contributed by atoms with Crippen molar-refractivity contribution in [2.75, 3.05) is 5.32 Å². The van der Waals surface area contributed by atoms with Gasteiger partial charge in [-0.15, -0.1) is 0 Å². The third-order valence-corrected chi connectivity index (χ3v) is 5.81. The van der Waals surface area contributed by atoms with Crippen molar-refractivity contribution in [1.29, 1.82) is 0 Å². The molecule has 0 fully saturated rings. The van der Waals surface area contributed by atoms with Crippen molar-refractivity contribution in [3.05, 3.63) is 77.6 Å². The summed E-state index contributed by atoms with van der Waals surface area (Å²) >= 11 is 1.25. The maximum atomic E-state index is 12.6. The number of carbonyl (C=O) groups is 1. The van der Waals surface area contributed by atoms with Crippen LogP contribution in [0.5, 0.6) is 0 Å². The van der Waals surface area contributed by atoms with Gasteiger partial charge in [-0.25, -0.2) is 4.98 Å². The van der Waals surface area contributed by atoms with Gasteiger partial charge in [-0.3, -0.25) is 10.1 Å². The molecule has 0 aliphatic carbocycles. The Morgan fingerprint density at radius 1 is 0.906 bits per heavy atom. The molecule has 9 heteroatoms. The quantitative estimate of drug-likeness (QED) is 0.388. The topological polar surface area (TPSA) is 107 Å². The van der Waals surface area contributed by atoms with Gasteiger partial charge in [0.25, 0.3) is 11.8 Å². The van der Waals surface area contributed by atoms with Crippen LogP contribution in [0.15, 0.2) is 69.7 Å². The number of nitrogens with zero attached hydrogens (tertiary/aromatic N) is 4. The second kappa shape index (κ2) is 8.20. The molecule has 2 aromatic carbocycles. The van der Waals surface area contributed by atoms with Crippen molar-refractivity contribution < 1.29 is 13.8 Å². The minimum Gasteiger partial charge on any atom is -0.355 e. The second-order valence-corrected chi connectivity index (χ2v) is 8.12. The molecule has 0 saturated carbocycles. The van der Waals surface area contributed by atoms with Crippen LogP contribution in [-0.4, -0.2) is 26.2 Å². The molecule has 0 radical (unpaired) electrons. The molecule has 3 aromatic heterocycles.